The van der Waals surface area contributed by atoms with Gasteiger partial charge in [-0.05, 0) is 43.4 Å². The number of aliphatic hydroxyl groups is 1. The van der Waals surface area contributed by atoms with Crippen molar-refractivity contribution in [1.29, 1.82) is 0 Å². The van der Waals surface area contributed by atoms with Crippen molar-refractivity contribution in [3.8, 4) is 23.2 Å². The molecule has 3 aromatic rings. The normalized spacial score (nSPS) is 19.4. The summed E-state index contributed by atoms with van der Waals surface area (Å²) in [4.78, 5) is 3.75. The molecule has 7 nitrogen and oxygen atoms in total. The highest BCUT2D eigenvalue weighted by molar-refractivity contribution is 5.68. The highest BCUT2D eigenvalue weighted by Gasteiger charge is 2.58. The molecular weight excluding hydrogens is 458 g/mol. The minimum absolute atomic E-state index is 0.0422. The number of aromatic nitrogens is 3. The maximum Gasteiger partial charge on any atom is 0.426 e. The van der Waals surface area contributed by atoms with Gasteiger partial charge in [0.15, 0.2) is 5.69 Å². The minimum atomic E-state index is -5.15. The Bertz CT molecular complexity index is 1180. The van der Waals surface area contributed by atoms with Crippen molar-refractivity contribution in [1.82, 2.24) is 15.2 Å². The average molecular weight is 474 g/mol. The molecule has 0 saturated heterocycles. The van der Waals surface area contributed by atoms with Gasteiger partial charge in [0, 0.05) is 0 Å². The molecule has 1 unspecified atom stereocenters. The van der Waals surface area contributed by atoms with Crippen LogP contribution in [0.3, 0.4) is 0 Å². The van der Waals surface area contributed by atoms with Crippen molar-refractivity contribution in [2.24, 2.45) is 0 Å². The Kier molecular flexibility index (Phi) is 5.47. The number of para-hydroxylation sites is 1. The number of pyridine rings is 1. The van der Waals surface area contributed by atoms with Gasteiger partial charge in [-0.3, -0.25) is 0 Å². The zero-order valence-corrected chi connectivity index (χ0v) is 16.7. The van der Waals surface area contributed by atoms with Crippen molar-refractivity contribution in [3.63, 3.8) is 0 Å². The quantitative estimate of drug-likeness (QED) is 0.442. The molecule has 1 aromatic carbocycles. The molecule has 176 valence electrons. The van der Waals surface area contributed by atoms with Gasteiger partial charge in [-0.15, -0.1) is 10.2 Å². The van der Waals surface area contributed by atoms with E-state index in [1.54, 1.807) is 12.1 Å². The van der Waals surface area contributed by atoms with Crippen LogP contribution in [-0.4, -0.2) is 26.5 Å². The van der Waals surface area contributed by atoms with E-state index in [1.165, 1.54) is 12.1 Å². The van der Waals surface area contributed by atoms with Crippen molar-refractivity contribution >= 4 is 5.69 Å². The summed E-state index contributed by atoms with van der Waals surface area (Å²) in [6, 6.07) is 6.65. The second kappa shape index (κ2) is 7.90. The van der Waals surface area contributed by atoms with Crippen LogP contribution in [0.2, 0.25) is 0 Å². The van der Waals surface area contributed by atoms with Gasteiger partial charge in [0.1, 0.15) is 11.3 Å². The summed E-state index contributed by atoms with van der Waals surface area (Å²) in [6.45, 7) is 0. The van der Waals surface area contributed by atoms with Crippen molar-refractivity contribution in [2.45, 2.75) is 43.6 Å². The van der Waals surface area contributed by atoms with E-state index in [9.17, 15) is 31.4 Å². The number of nitrogens with two attached hydrogens (primary N) is 1. The first-order chi connectivity index (χ1) is 15.4. The molecule has 1 aliphatic heterocycles. The van der Waals surface area contributed by atoms with Gasteiger partial charge in [-0.1, -0.05) is 18.2 Å². The van der Waals surface area contributed by atoms with E-state index in [2.05, 4.69) is 15.2 Å². The van der Waals surface area contributed by atoms with Gasteiger partial charge in [-0.25, -0.2) is 4.98 Å². The van der Waals surface area contributed by atoms with E-state index < -0.39 is 59.0 Å². The van der Waals surface area contributed by atoms with Gasteiger partial charge < -0.3 is 20.0 Å². The topological polar surface area (TPSA) is 107 Å². The first kappa shape index (κ1) is 22.8. The fourth-order valence-electron chi connectivity index (χ4n) is 3.43. The highest BCUT2D eigenvalue weighted by Crippen LogP contribution is 2.45. The van der Waals surface area contributed by atoms with E-state index >= 15 is 0 Å². The number of aryl methyl sites for hydroxylation is 1. The van der Waals surface area contributed by atoms with Gasteiger partial charge >= 0.3 is 12.4 Å². The zero-order chi connectivity index (χ0) is 24.0. The van der Waals surface area contributed by atoms with Crippen LogP contribution in [0.4, 0.5) is 32.0 Å². The van der Waals surface area contributed by atoms with Crippen LogP contribution in [0, 0.1) is 0 Å². The van der Waals surface area contributed by atoms with Gasteiger partial charge in [-0.2, -0.15) is 26.3 Å². The maximum absolute atomic E-state index is 13.7. The number of anilines is 1. The third kappa shape index (κ3) is 4.19. The maximum atomic E-state index is 13.7. The summed E-state index contributed by atoms with van der Waals surface area (Å²) in [5.74, 6) is -2.71. The molecule has 1 aliphatic rings. The van der Waals surface area contributed by atoms with Crippen molar-refractivity contribution in [2.75, 3.05) is 5.73 Å². The number of ether oxygens (including phenoxy) is 1. The van der Waals surface area contributed by atoms with Gasteiger partial charge in [0.05, 0.1) is 5.69 Å². The number of hydrogen-bond donors (Lipinski definition) is 2. The molecular formula is C20H16F6N4O3. The molecule has 3 heterocycles. The molecule has 0 fully saturated rings. The minimum Gasteiger partial charge on any atom is -0.438 e. The Morgan fingerprint density at radius 2 is 1.76 bits per heavy atom. The molecule has 4 bridgehead atoms. The Morgan fingerprint density at radius 1 is 1.03 bits per heavy atom. The van der Waals surface area contributed by atoms with Gasteiger partial charge in [0.2, 0.25) is 11.5 Å². The smallest absolute Gasteiger partial charge is 0.426 e. The number of alkyl halides is 6. The van der Waals surface area contributed by atoms with Crippen LogP contribution in [0.15, 0.2) is 34.7 Å². The second-order valence-corrected chi connectivity index (χ2v) is 7.46. The number of hydrogen-bond acceptors (Lipinski definition) is 7. The first-order valence-corrected chi connectivity index (χ1v) is 9.67. The third-order valence-corrected chi connectivity index (χ3v) is 5.19. The average Bonchev–Trinajstić information content (AvgIpc) is 3.21. The number of benzene rings is 1. The van der Waals surface area contributed by atoms with E-state index in [0.29, 0.717) is 11.6 Å². The Hall–Kier alpha value is -3.35. The fraction of sp³-hybridized carbons (Fsp3) is 0.350. The lowest BCUT2D eigenvalue weighted by Crippen LogP contribution is -2.42. The zero-order valence-electron chi connectivity index (χ0n) is 16.7. The van der Waals surface area contributed by atoms with E-state index in [1.807, 2.05) is 0 Å². The number of halogens is 6. The highest BCUT2D eigenvalue weighted by atomic mass is 19.4. The lowest BCUT2D eigenvalue weighted by atomic mass is 9.94. The standard InChI is InChI=1S/C20H16F6N4O3/c21-19(22,23)11-9-12(27)14-16-29-30-17(33-16)18(31,20(24,25)26)8-4-3-6-10-5-1-2-7-13(10)32-15(11)28-14/h1-2,5,7,9,31H,3-4,6,8,27H2. The van der Waals surface area contributed by atoms with E-state index in [4.69, 9.17) is 14.9 Å². The lowest BCUT2D eigenvalue weighted by molar-refractivity contribution is -0.277. The largest absolute Gasteiger partial charge is 0.438 e. The number of fused-ring (bicyclic) bond motifs is 6. The van der Waals surface area contributed by atoms with Crippen LogP contribution >= 0.6 is 0 Å². The second-order valence-electron chi connectivity index (χ2n) is 7.46. The predicted octanol–water partition coefficient (Wildman–Crippen LogP) is 5.00. The van der Waals surface area contributed by atoms with Crippen LogP contribution in [-0.2, 0) is 18.2 Å². The van der Waals surface area contributed by atoms with E-state index in [0.717, 1.165) is 0 Å². The summed E-state index contributed by atoms with van der Waals surface area (Å²) in [6.07, 6.45) is -10.6. The molecule has 0 saturated carbocycles. The van der Waals surface area contributed by atoms with Gasteiger partial charge in [0.25, 0.3) is 11.8 Å². The number of rotatable bonds is 0. The monoisotopic (exact) mass is 474 g/mol. The predicted molar refractivity (Wildman–Crippen MR) is 101 cm³/mol. The summed E-state index contributed by atoms with van der Waals surface area (Å²) < 4.78 is 92.6. The van der Waals surface area contributed by atoms with Crippen LogP contribution in [0.1, 0.15) is 36.3 Å². The molecule has 3 N–H and O–H groups in total. The molecule has 2 aromatic heterocycles. The molecule has 0 spiro atoms. The first-order valence-electron chi connectivity index (χ1n) is 9.67. The molecule has 1 atom stereocenters. The molecule has 33 heavy (non-hydrogen) atoms. The number of nitrogen functional groups attached to an aromatic ring is 1. The molecule has 0 aliphatic carbocycles. The molecule has 0 amide bonds. The summed E-state index contributed by atoms with van der Waals surface area (Å²) >= 11 is 0. The van der Waals surface area contributed by atoms with Crippen molar-refractivity contribution < 1.29 is 40.6 Å². The van der Waals surface area contributed by atoms with E-state index in [-0.39, 0.29) is 25.0 Å². The molecule has 4 rings (SSSR count). The fourth-order valence-corrected chi connectivity index (χ4v) is 3.43. The molecule has 0 radical (unpaired) electrons. The summed E-state index contributed by atoms with van der Waals surface area (Å²) in [5.41, 5.74) is 0.286. The lowest BCUT2D eigenvalue weighted by Gasteiger charge is -2.27. The van der Waals surface area contributed by atoms with Crippen LogP contribution in [0.5, 0.6) is 11.6 Å². The third-order valence-electron chi connectivity index (χ3n) is 5.19. The van der Waals surface area contributed by atoms with Crippen LogP contribution < -0.4 is 10.5 Å². The Balaban J connectivity index is 1.94. The SMILES string of the molecule is Nc1cc(C(F)(F)F)c2nc1-c1nnc(o1)C(O)(C(F)(F)F)CCCCc1ccccc1O2. The number of nitrogens with zero attached hydrogens (tertiary/aromatic N) is 3. The summed E-state index contributed by atoms with van der Waals surface area (Å²) in [5, 5.41) is 17.1. The summed E-state index contributed by atoms with van der Waals surface area (Å²) in [7, 11) is 0. The van der Waals surface area contributed by atoms with Crippen LogP contribution in [0.25, 0.3) is 11.6 Å². The molecule has 13 heteroatoms. The van der Waals surface area contributed by atoms with Crippen molar-refractivity contribution in [3.05, 3.63) is 47.3 Å². The Morgan fingerprint density at radius 3 is 2.45 bits per heavy atom. The Labute approximate surface area is 182 Å².